The van der Waals surface area contributed by atoms with Crippen LogP contribution in [-0.2, 0) is 0 Å². The summed E-state index contributed by atoms with van der Waals surface area (Å²) in [5.41, 5.74) is 5.79. The van der Waals surface area contributed by atoms with Gasteiger partial charge in [-0.3, -0.25) is 10.1 Å². The number of hydrogen-bond donors (Lipinski definition) is 3. The quantitative estimate of drug-likeness (QED) is 0.440. The smallest absolute Gasteiger partial charge is 0.273 e. The van der Waals surface area contributed by atoms with Crippen LogP contribution in [0, 0.1) is 10.1 Å². The molecule has 0 unspecified atom stereocenters. The summed E-state index contributed by atoms with van der Waals surface area (Å²) in [5, 5.41) is 24.2. The molecule has 0 aromatic heterocycles. The lowest BCUT2D eigenvalue weighted by molar-refractivity contribution is -0.384. The molecule has 6 heteroatoms. The van der Waals surface area contributed by atoms with Gasteiger partial charge in [-0.2, -0.15) is 0 Å². The van der Waals surface area contributed by atoms with Crippen LogP contribution in [0.2, 0.25) is 0 Å². The van der Waals surface area contributed by atoms with Gasteiger partial charge in [0.25, 0.3) is 5.69 Å². The molecular formula is C13H19N3O3. The van der Waals surface area contributed by atoms with Gasteiger partial charge < -0.3 is 16.2 Å². The second-order valence-corrected chi connectivity index (χ2v) is 5.21. The van der Waals surface area contributed by atoms with E-state index in [0.717, 1.165) is 32.1 Å². The maximum absolute atomic E-state index is 10.7. The maximum atomic E-state index is 10.7. The highest BCUT2D eigenvalue weighted by Gasteiger charge is 2.28. The third-order valence-corrected chi connectivity index (χ3v) is 3.56. The molecule has 19 heavy (non-hydrogen) atoms. The fourth-order valence-electron chi connectivity index (χ4n) is 2.50. The second-order valence-electron chi connectivity index (χ2n) is 5.21. The van der Waals surface area contributed by atoms with E-state index in [1.807, 2.05) is 0 Å². The van der Waals surface area contributed by atoms with Crippen molar-refractivity contribution in [1.82, 2.24) is 0 Å². The molecule has 0 saturated heterocycles. The number of aliphatic hydroxyl groups is 1. The van der Waals surface area contributed by atoms with Gasteiger partial charge in [0.1, 0.15) is 0 Å². The number of nitro benzene ring substituents is 1. The zero-order valence-corrected chi connectivity index (χ0v) is 10.8. The van der Waals surface area contributed by atoms with E-state index in [1.165, 1.54) is 12.1 Å². The van der Waals surface area contributed by atoms with Gasteiger partial charge in [0.2, 0.25) is 0 Å². The van der Waals surface area contributed by atoms with Gasteiger partial charge in [0.05, 0.1) is 10.5 Å². The zero-order chi connectivity index (χ0) is 13.9. The average Bonchev–Trinajstić information content (AvgIpc) is 2.37. The second kappa shape index (κ2) is 5.44. The first kappa shape index (κ1) is 13.6. The molecule has 6 nitrogen and oxygen atoms in total. The first-order chi connectivity index (χ1) is 8.98. The van der Waals surface area contributed by atoms with E-state index in [1.54, 1.807) is 6.07 Å². The molecule has 2 rings (SSSR count). The lowest BCUT2D eigenvalue weighted by atomic mass is 9.85. The van der Waals surface area contributed by atoms with Crippen molar-refractivity contribution in [2.24, 2.45) is 0 Å². The third kappa shape index (κ3) is 3.57. The Kier molecular flexibility index (Phi) is 3.90. The summed E-state index contributed by atoms with van der Waals surface area (Å²) >= 11 is 0. The molecular weight excluding hydrogens is 246 g/mol. The normalized spacial score (nSPS) is 17.9. The number of nitrogen functional groups attached to an aromatic ring is 1. The van der Waals surface area contributed by atoms with Crippen LogP contribution in [0.4, 0.5) is 17.1 Å². The van der Waals surface area contributed by atoms with E-state index in [-0.39, 0.29) is 5.69 Å². The number of nitrogens with two attached hydrogens (primary N) is 1. The topological polar surface area (TPSA) is 101 Å². The van der Waals surface area contributed by atoms with Crippen LogP contribution in [-0.4, -0.2) is 22.2 Å². The van der Waals surface area contributed by atoms with E-state index in [9.17, 15) is 15.2 Å². The largest absolute Gasteiger partial charge is 0.398 e. The van der Waals surface area contributed by atoms with Gasteiger partial charge in [-0.25, -0.2) is 0 Å². The molecule has 1 aliphatic carbocycles. The summed E-state index contributed by atoms with van der Waals surface area (Å²) in [6.07, 6.45) is 4.74. The number of nitrogens with one attached hydrogen (secondary N) is 1. The minimum Gasteiger partial charge on any atom is -0.398 e. The summed E-state index contributed by atoms with van der Waals surface area (Å²) < 4.78 is 0. The van der Waals surface area contributed by atoms with E-state index in [0.29, 0.717) is 17.9 Å². The van der Waals surface area contributed by atoms with Gasteiger partial charge >= 0.3 is 0 Å². The van der Waals surface area contributed by atoms with Crippen molar-refractivity contribution in [3.05, 3.63) is 28.3 Å². The van der Waals surface area contributed by atoms with Crippen LogP contribution in [0.15, 0.2) is 18.2 Å². The highest BCUT2D eigenvalue weighted by Crippen LogP contribution is 2.29. The Morgan fingerprint density at radius 3 is 2.63 bits per heavy atom. The van der Waals surface area contributed by atoms with Gasteiger partial charge in [-0.1, -0.05) is 19.3 Å². The van der Waals surface area contributed by atoms with Crippen molar-refractivity contribution in [2.75, 3.05) is 17.6 Å². The molecule has 0 aliphatic heterocycles. The Labute approximate surface area is 111 Å². The van der Waals surface area contributed by atoms with Crippen LogP contribution >= 0.6 is 0 Å². The molecule has 0 bridgehead atoms. The van der Waals surface area contributed by atoms with Gasteiger partial charge in [-0.05, 0) is 18.9 Å². The Morgan fingerprint density at radius 2 is 2.00 bits per heavy atom. The van der Waals surface area contributed by atoms with Crippen LogP contribution in [0.5, 0.6) is 0 Å². The summed E-state index contributed by atoms with van der Waals surface area (Å²) in [7, 11) is 0. The predicted octanol–water partition coefficient (Wildman–Crippen LogP) is 2.28. The van der Waals surface area contributed by atoms with Gasteiger partial charge in [-0.15, -0.1) is 0 Å². The molecule has 1 saturated carbocycles. The number of hydrogen-bond acceptors (Lipinski definition) is 5. The highest BCUT2D eigenvalue weighted by atomic mass is 16.6. The first-order valence-corrected chi connectivity index (χ1v) is 6.50. The molecule has 0 atom stereocenters. The summed E-state index contributed by atoms with van der Waals surface area (Å²) in [4.78, 5) is 10.3. The third-order valence-electron chi connectivity index (χ3n) is 3.56. The fraction of sp³-hybridized carbons (Fsp3) is 0.538. The zero-order valence-electron chi connectivity index (χ0n) is 10.8. The van der Waals surface area contributed by atoms with Crippen molar-refractivity contribution >= 4 is 17.1 Å². The van der Waals surface area contributed by atoms with E-state index in [4.69, 9.17) is 5.73 Å². The molecule has 1 aromatic carbocycles. The van der Waals surface area contributed by atoms with Crippen LogP contribution in [0.3, 0.4) is 0 Å². The van der Waals surface area contributed by atoms with Crippen molar-refractivity contribution in [2.45, 2.75) is 37.7 Å². The van der Waals surface area contributed by atoms with Gasteiger partial charge in [0.15, 0.2) is 0 Å². The molecule has 0 radical (unpaired) electrons. The first-order valence-electron chi connectivity index (χ1n) is 6.50. The van der Waals surface area contributed by atoms with Crippen LogP contribution in [0.25, 0.3) is 0 Å². The van der Waals surface area contributed by atoms with E-state index >= 15 is 0 Å². The lowest BCUT2D eigenvalue weighted by Crippen LogP contribution is -2.38. The van der Waals surface area contributed by atoms with Crippen molar-refractivity contribution < 1.29 is 10.0 Å². The van der Waals surface area contributed by atoms with E-state index < -0.39 is 10.5 Å². The predicted molar refractivity (Wildman–Crippen MR) is 74.0 cm³/mol. The van der Waals surface area contributed by atoms with Crippen molar-refractivity contribution in [1.29, 1.82) is 0 Å². The van der Waals surface area contributed by atoms with Crippen LogP contribution in [0.1, 0.15) is 32.1 Å². The van der Waals surface area contributed by atoms with Gasteiger partial charge in [0, 0.05) is 30.1 Å². The number of benzene rings is 1. The maximum Gasteiger partial charge on any atom is 0.273 e. The molecule has 1 aliphatic rings. The Morgan fingerprint density at radius 1 is 1.32 bits per heavy atom. The van der Waals surface area contributed by atoms with Crippen LogP contribution < -0.4 is 11.1 Å². The highest BCUT2D eigenvalue weighted by molar-refractivity contribution is 5.61. The molecule has 1 aromatic rings. The number of non-ortho nitro benzene ring substituents is 1. The standard InChI is InChI=1S/C13H19N3O3/c14-10-6-11(8-12(7-10)16(18)19)15-9-13(17)4-2-1-3-5-13/h6-8,15,17H,1-5,9,14H2. The lowest BCUT2D eigenvalue weighted by Gasteiger charge is -2.32. The molecule has 1 fully saturated rings. The Bertz CT molecular complexity index is 470. The fourth-order valence-corrected chi connectivity index (χ4v) is 2.50. The minimum absolute atomic E-state index is 0.0434. The monoisotopic (exact) mass is 265 g/mol. The number of nitro groups is 1. The molecule has 0 heterocycles. The summed E-state index contributed by atoms with van der Waals surface area (Å²) in [6.45, 7) is 0.396. The Balaban J connectivity index is 2.04. The Hall–Kier alpha value is -1.82. The summed E-state index contributed by atoms with van der Waals surface area (Å²) in [5.74, 6) is 0. The molecule has 104 valence electrons. The molecule has 0 amide bonds. The number of rotatable bonds is 4. The van der Waals surface area contributed by atoms with Crippen molar-refractivity contribution in [3.8, 4) is 0 Å². The van der Waals surface area contributed by atoms with Crippen molar-refractivity contribution in [3.63, 3.8) is 0 Å². The molecule has 0 spiro atoms. The minimum atomic E-state index is -0.711. The average molecular weight is 265 g/mol. The number of anilines is 2. The molecule has 4 N–H and O–H groups in total. The SMILES string of the molecule is Nc1cc(NCC2(O)CCCCC2)cc([N+](=O)[O-])c1. The summed E-state index contributed by atoms with van der Waals surface area (Å²) in [6, 6.07) is 4.39. The van der Waals surface area contributed by atoms with E-state index in [2.05, 4.69) is 5.32 Å². The number of nitrogens with zero attached hydrogens (tertiary/aromatic N) is 1.